The Labute approximate surface area is 286 Å². The van der Waals surface area contributed by atoms with Crippen molar-refractivity contribution < 1.29 is 0 Å². The number of hydrogen-bond donors (Lipinski definition) is 0. The molecular weight excluding hydrogens is 593 g/mol. The average Bonchev–Trinajstić information content (AvgIpc) is 3.49. The second-order valence-electron chi connectivity index (χ2n) is 14.1. The van der Waals surface area contributed by atoms with E-state index in [4.69, 9.17) is 0 Å². The molecule has 1 aliphatic heterocycles. The van der Waals surface area contributed by atoms with Crippen molar-refractivity contribution in [2.24, 2.45) is 0 Å². The van der Waals surface area contributed by atoms with E-state index in [1.54, 1.807) is 5.57 Å². The van der Waals surface area contributed by atoms with E-state index in [0.717, 1.165) is 24.2 Å². The van der Waals surface area contributed by atoms with Gasteiger partial charge in [0.15, 0.2) is 0 Å². The van der Waals surface area contributed by atoms with Gasteiger partial charge < -0.3 is 9.47 Å². The third-order valence-corrected chi connectivity index (χ3v) is 11.0. The molecule has 0 amide bonds. The molecule has 49 heavy (non-hydrogen) atoms. The maximum absolute atomic E-state index is 2.55. The van der Waals surface area contributed by atoms with Gasteiger partial charge in [-0.2, -0.15) is 0 Å². The van der Waals surface area contributed by atoms with Gasteiger partial charge in [0.1, 0.15) is 0 Å². The molecule has 2 heterocycles. The van der Waals surface area contributed by atoms with Crippen molar-refractivity contribution in [2.75, 3.05) is 4.90 Å². The van der Waals surface area contributed by atoms with Crippen LogP contribution in [0.5, 0.6) is 0 Å². The van der Waals surface area contributed by atoms with Gasteiger partial charge in [0, 0.05) is 38.6 Å². The summed E-state index contributed by atoms with van der Waals surface area (Å²) in [6.45, 7) is 4.82. The summed E-state index contributed by atoms with van der Waals surface area (Å²) in [7, 11) is 0. The molecule has 0 unspecified atom stereocenters. The fourth-order valence-electron chi connectivity index (χ4n) is 8.71. The second-order valence-corrected chi connectivity index (χ2v) is 14.1. The van der Waals surface area contributed by atoms with Gasteiger partial charge in [-0.25, -0.2) is 0 Å². The van der Waals surface area contributed by atoms with E-state index >= 15 is 0 Å². The molecule has 0 saturated heterocycles. The number of anilines is 3. The molecule has 8 aromatic rings. The van der Waals surface area contributed by atoms with Gasteiger partial charge >= 0.3 is 0 Å². The number of fused-ring (bicyclic) bond motifs is 7. The van der Waals surface area contributed by atoms with Crippen LogP contribution >= 0.6 is 0 Å². The Bertz CT molecular complexity index is 2690. The van der Waals surface area contributed by atoms with Crippen molar-refractivity contribution in [3.05, 3.63) is 169 Å². The summed E-state index contributed by atoms with van der Waals surface area (Å²) in [6.07, 6.45) is 6.92. The number of aromatic nitrogens is 1. The summed E-state index contributed by atoms with van der Waals surface area (Å²) in [5.74, 6) is 0. The van der Waals surface area contributed by atoms with Crippen molar-refractivity contribution in [3.8, 4) is 11.1 Å². The Morgan fingerprint density at radius 3 is 2.16 bits per heavy atom. The summed E-state index contributed by atoms with van der Waals surface area (Å²) in [6, 6.07) is 53.8. The van der Waals surface area contributed by atoms with E-state index < -0.39 is 0 Å². The highest BCUT2D eigenvalue weighted by molar-refractivity contribution is 6.17. The lowest BCUT2D eigenvalue weighted by Gasteiger charge is -2.37. The van der Waals surface area contributed by atoms with Crippen LogP contribution in [0.2, 0.25) is 0 Å². The van der Waals surface area contributed by atoms with Gasteiger partial charge in [-0.1, -0.05) is 129 Å². The lowest BCUT2D eigenvalue weighted by Crippen LogP contribution is -2.28. The normalized spacial score (nSPS) is 15.0. The van der Waals surface area contributed by atoms with Gasteiger partial charge in [-0.3, -0.25) is 0 Å². The molecule has 0 N–H and O–H groups in total. The molecule has 0 fully saturated rings. The van der Waals surface area contributed by atoms with E-state index in [2.05, 4.69) is 181 Å². The number of allylic oxidation sites excluding steroid dienone is 4. The maximum Gasteiger partial charge on any atom is 0.0581 e. The Morgan fingerprint density at radius 2 is 1.29 bits per heavy atom. The molecule has 2 nitrogen and oxygen atoms in total. The minimum atomic E-state index is -0.0132. The third kappa shape index (κ3) is 4.14. The minimum absolute atomic E-state index is 0.0132. The second kappa shape index (κ2) is 10.6. The Kier molecular flexibility index (Phi) is 6.08. The van der Waals surface area contributed by atoms with Crippen LogP contribution in [0.1, 0.15) is 32.3 Å². The topological polar surface area (TPSA) is 8.17 Å². The van der Waals surface area contributed by atoms with Crippen LogP contribution in [0.4, 0.5) is 17.1 Å². The first-order valence-electron chi connectivity index (χ1n) is 17.4. The predicted molar refractivity (Wildman–Crippen MR) is 209 cm³/mol. The third-order valence-electron chi connectivity index (χ3n) is 11.0. The van der Waals surface area contributed by atoms with Crippen molar-refractivity contribution in [1.82, 2.24) is 4.57 Å². The quantitative estimate of drug-likeness (QED) is 0.176. The summed E-state index contributed by atoms with van der Waals surface area (Å²) in [4.78, 5) is 2.47. The fraction of sp³-hybridized carbons (Fsp3) is 0.106. The van der Waals surface area contributed by atoms with Crippen molar-refractivity contribution >= 4 is 66.1 Å². The summed E-state index contributed by atoms with van der Waals surface area (Å²) in [5, 5.41) is 7.61. The molecular formula is C47H36N2. The Hall–Kier alpha value is -5.86. The average molecular weight is 629 g/mol. The summed E-state index contributed by atoms with van der Waals surface area (Å²) < 4.78 is 2.55. The van der Waals surface area contributed by atoms with E-state index in [0.29, 0.717) is 0 Å². The van der Waals surface area contributed by atoms with Gasteiger partial charge in [-0.15, -0.1) is 0 Å². The van der Waals surface area contributed by atoms with E-state index in [-0.39, 0.29) is 5.41 Å². The van der Waals surface area contributed by atoms with Crippen LogP contribution in [0.25, 0.3) is 60.2 Å². The zero-order chi connectivity index (χ0) is 32.7. The van der Waals surface area contributed by atoms with Crippen molar-refractivity contribution in [3.63, 3.8) is 0 Å². The van der Waals surface area contributed by atoms with Gasteiger partial charge in [0.2, 0.25) is 0 Å². The zero-order valence-corrected chi connectivity index (χ0v) is 27.8. The molecule has 234 valence electrons. The first-order chi connectivity index (χ1) is 24.1. The highest BCUT2D eigenvalue weighted by atomic mass is 15.1. The van der Waals surface area contributed by atoms with Gasteiger partial charge in [-0.05, 0) is 93.7 Å². The lowest BCUT2D eigenvalue weighted by molar-refractivity contribution is 0.585. The van der Waals surface area contributed by atoms with E-state index in [1.807, 2.05) is 0 Å². The first kappa shape index (κ1) is 28.2. The standard InChI is InChI=1S/C47H36N2/c1-47(2)41-23-10-11-25-44(41)49-43-27-26-35(30-40(43)39-22-13-24-42(47)46(39)49)48(34-18-12-17-32(28-34)31-14-4-3-5-15-31)45-29-33-16-6-7-19-36(33)37-20-8-9-21-38(37)45/h3-9,11-22,24-30H,10,23H2,1-2H3. The van der Waals surface area contributed by atoms with E-state index in [1.165, 1.54) is 71.4 Å². The number of para-hydroxylation sites is 1. The maximum atomic E-state index is 2.55. The predicted octanol–water partition coefficient (Wildman–Crippen LogP) is 13.1. The molecule has 0 atom stereocenters. The molecule has 7 aromatic carbocycles. The van der Waals surface area contributed by atoms with Crippen LogP contribution in [0.15, 0.2) is 163 Å². The van der Waals surface area contributed by atoms with Crippen LogP contribution in [-0.4, -0.2) is 4.57 Å². The van der Waals surface area contributed by atoms with Gasteiger partial charge in [0.05, 0.1) is 16.7 Å². The Balaban J connectivity index is 1.28. The molecule has 0 saturated carbocycles. The smallest absolute Gasteiger partial charge is 0.0581 e. The molecule has 0 bridgehead atoms. The van der Waals surface area contributed by atoms with Gasteiger partial charge in [0.25, 0.3) is 0 Å². The van der Waals surface area contributed by atoms with Crippen molar-refractivity contribution in [1.29, 1.82) is 0 Å². The molecule has 0 spiro atoms. The summed E-state index contributed by atoms with van der Waals surface area (Å²) >= 11 is 0. The Morgan fingerprint density at radius 1 is 0.571 bits per heavy atom. The SMILES string of the molecule is CC1(C)C2=C(C=CCC2)n2c3ccc(N(c4cccc(-c5ccccc5)c4)c4cc5ccccc5c5ccccc45)cc3c3cccc1c32. The first-order valence-corrected chi connectivity index (χ1v) is 17.4. The molecule has 1 aromatic heterocycles. The largest absolute Gasteiger partial charge is 0.310 e. The molecule has 2 heteroatoms. The van der Waals surface area contributed by atoms with Crippen LogP contribution < -0.4 is 4.90 Å². The van der Waals surface area contributed by atoms with E-state index in [9.17, 15) is 0 Å². The number of nitrogens with zero attached hydrogens (tertiary/aromatic N) is 2. The van der Waals surface area contributed by atoms with Crippen LogP contribution in [-0.2, 0) is 5.41 Å². The fourth-order valence-corrected chi connectivity index (χ4v) is 8.71. The molecule has 0 radical (unpaired) electrons. The highest BCUT2D eigenvalue weighted by Gasteiger charge is 2.36. The molecule has 10 rings (SSSR count). The van der Waals surface area contributed by atoms with Crippen LogP contribution in [0, 0.1) is 0 Å². The molecule has 2 aliphatic rings. The number of hydrogen-bond acceptors (Lipinski definition) is 1. The van der Waals surface area contributed by atoms with Crippen LogP contribution in [0.3, 0.4) is 0 Å². The highest BCUT2D eigenvalue weighted by Crippen LogP contribution is 2.51. The lowest BCUT2D eigenvalue weighted by atomic mass is 9.71. The minimum Gasteiger partial charge on any atom is -0.310 e. The summed E-state index contributed by atoms with van der Waals surface area (Å²) in [5.41, 5.74) is 12.8. The zero-order valence-electron chi connectivity index (χ0n) is 27.8. The molecule has 1 aliphatic carbocycles. The van der Waals surface area contributed by atoms with Crippen molar-refractivity contribution in [2.45, 2.75) is 32.1 Å². The number of rotatable bonds is 4. The monoisotopic (exact) mass is 628 g/mol. The number of benzene rings is 7.